The van der Waals surface area contributed by atoms with Crippen LogP contribution in [0.3, 0.4) is 0 Å². The van der Waals surface area contributed by atoms with Gasteiger partial charge in [0.1, 0.15) is 11.3 Å². The van der Waals surface area contributed by atoms with Gasteiger partial charge in [-0.1, -0.05) is 24.4 Å². The Bertz CT molecular complexity index is 492. The van der Waals surface area contributed by atoms with Crippen LogP contribution in [0.5, 0.6) is 5.75 Å². The molecule has 0 aromatic heterocycles. The Morgan fingerprint density at radius 2 is 2.06 bits per heavy atom. The molecule has 0 unspecified atom stereocenters. The van der Waals surface area contributed by atoms with Gasteiger partial charge in [0.05, 0.1) is 10.6 Å². The first-order chi connectivity index (χ1) is 8.10. The van der Waals surface area contributed by atoms with Gasteiger partial charge >= 0.3 is 0 Å². The molecule has 1 aliphatic rings. The number of hydrogen-bond acceptors (Lipinski definition) is 3. The number of phenols is 1. The first kappa shape index (κ1) is 12.1. The molecular weight excluding hydrogens is 245 g/mol. The van der Waals surface area contributed by atoms with E-state index in [0.29, 0.717) is 12.8 Å². The second-order valence-electron chi connectivity index (χ2n) is 4.20. The fourth-order valence-corrected chi connectivity index (χ4v) is 2.61. The largest absolute Gasteiger partial charge is 0.507 e. The minimum Gasteiger partial charge on any atom is -0.507 e. The van der Waals surface area contributed by atoms with Crippen LogP contribution in [0.1, 0.15) is 31.2 Å². The third-order valence-corrected chi connectivity index (χ3v) is 3.52. The molecule has 0 spiro atoms. The molecule has 0 heterocycles. The summed E-state index contributed by atoms with van der Waals surface area (Å²) in [6.07, 6.45) is 4.18. The lowest BCUT2D eigenvalue weighted by Gasteiger charge is -2.24. The van der Waals surface area contributed by atoms with E-state index in [0.717, 1.165) is 12.8 Å². The second kappa shape index (κ2) is 4.47. The van der Waals surface area contributed by atoms with E-state index in [1.807, 2.05) is 0 Å². The number of halogens is 2. The Labute approximate surface area is 103 Å². The van der Waals surface area contributed by atoms with Crippen molar-refractivity contribution in [2.24, 2.45) is 4.99 Å². The number of aliphatic imine (C=N–C) groups is 1. The minimum absolute atomic E-state index is 0.0193. The van der Waals surface area contributed by atoms with Gasteiger partial charge in [-0.2, -0.15) is 4.99 Å². The van der Waals surface area contributed by atoms with Crippen molar-refractivity contribution in [1.82, 2.24) is 0 Å². The van der Waals surface area contributed by atoms with E-state index in [9.17, 15) is 14.3 Å². The summed E-state index contributed by atoms with van der Waals surface area (Å²) < 4.78 is 14.0. The van der Waals surface area contributed by atoms with Crippen LogP contribution in [-0.2, 0) is 10.3 Å². The predicted molar refractivity (Wildman–Crippen MR) is 61.3 cm³/mol. The lowest BCUT2D eigenvalue weighted by Crippen LogP contribution is -2.21. The first-order valence-corrected chi connectivity index (χ1v) is 5.75. The molecule has 0 amide bonds. The van der Waals surface area contributed by atoms with Crippen molar-refractivity contribution >= 4 is 17.7 Å². The number of nitrogens with zero attached hydrogens (tertiary/aromatic N) is 1. The van der Waals surface area contributed by atoms with E-state index in [4.69, 9.17) is 11.6 Å². The Balaban J connectivity index is 2.65. The second-order valence-corrected chi connectivity index (χ2v) is 4.60. The van der Waals surface area contributed by atoms with Gasteiger partial charge in [0.25, 0.3) is 0 Å². The van der Waals surface area contributed by atoms with Crippen LogP contribution in [0.4, 0.5) is 4.39 Å². The van der Waals surface area contributed by atoms with Gasteiger partial charge in [-0.25, -0.2) is 9.18 Å². The fraction of sp³-hybridized carbons (Fsp3) is 0.417. The Hall–Kier alpha value is -1.38. The minimum atomic E-state index is -0.999. The third-order valence-electron chi connectivity index (χ3n) is 3.23. The monoisotopic (exact) mass is 255 g/mol. The zero-order chi connectivity index (χ0) is 12.5. The molecule has 90 valence electrons. The number of isocyanates is 1. The van der Waals surface area contributed by atoms with Gasteiger partial charge in [0.2, 0.25) is 6.08 Å². The lowest BCUT2D eigenvalue weighted by atomic mass is 9.87. The summed E-state index contributed by atoms with van der Waals surface area (Å²) in [5, 5.41) is 9.70. The summed E-state index contributed by atoms with van der Waals surface area (Å²) >= 11 is 5.70. The van der Waals surface area contributed by atoms with Crippen molar-refractivity contribution in [2.75, 3.05) is 0 Å². The Morgan fingerprint density at radius 1 is 1.41 bits per heavy atom. The van der Waals surface area contributed by atoms with Crippen molar-refractivity contribution in [3.05, 3.63) is 28.5 Å². The predicted octanol–water partition coefficient (Wildman–Crippen LogP) is 3.29. The number of hydrogen-bond donors (Lipinski definition) is 1. The van der Waals surface area contributed by atoms with E-state index in [2.05, 4.69) is 4.99 Å². The van der Waals surface area contributed by atoms with Gasteiger partial charge in [-0.15, -0.1) is 0 Å². The highest BCUT2D eigenvalue weighted by atomic mass is 35.5. The fourth-order valence-electron chi connectivity index (χ4n) is 2.45. The molecule has 1 N–H and O–H groups in total. The molecule has 0 atom stereocenters. The highest BCUT2D eigenvalue weighted by Crippen LogP contribution is 2.47. The maximum atomic E-state index is 14.0. The van der Waals surface area contributed by atoms with Gasteiger partial charge in [0.15, 0.2) is 5.82 Å². The number of benzene rings is 1. The van der Waals surface area contributed by atoms with Crippen LogP contribution in [0, 0.1) is 5.82 Å². The Kier molecular flexibility index (Phi) is 3.18. The average molecular weight is 256 g/mol. The van der Waals surface area contributed by atoms with Crippen LogP contribution >= 0.6 is 11.6 Å². The molecule has 1 aromatic carbocycles. The topological polar surface area (TPSA) is 49.7 Å². The van der Waals surface area contributed by atoms with E-state index < -0.39 is 11.4 Å². The van der Waals surface area contributed by atoms with E-state index in [-0.39, 0.29) is 16.3 Å². The van der Waals surface area contributed by atoms with Crippen LogP contribution in [-0.4, -0.2) is 11.2 Å². The average Bonchev–Trinajstić information content (AvgIpc) is 2.74. The molecule has 0 saturated heterocycles. The van der Waals surface area contributed by atoms with E-state index in [1.165, 1.54) is 18.2 Å². The maximum Gasteiger partial charge on any atom is 0.235 e. The summed E-state index contributed by atoms with van der Waals surface area (Å²) in [5.41, 5.74) is -0.980. The number of rotatable bonds is 2. The summed E-state index contributed by atoms with van der Waals surface area (Å²) in [6, 6.07) is 2.60. The van der Waals surface area contributed by atoms with Crippen molar-refractivity contribution < 1.29 is 14.3 Å². The van der Waals surface area contributed by atoms with Crippen LogP contribution in [0.15, 0.2) is 17.1 Å². The maximum absolute atomic E-state index is 14.0. The quantitative estimate of drug-likeness (QED) is 0.651. The molecule has 17 heavy (non-hydrogen) atoms. The van der Waals surface area contributed by atoms with Crippen LogP contribution < -0.4 is 0 Å². The van der Waals surface area contributed by atoms with Gasteiger partial charge in [0, 0.05) is 0 Å². The zero-order valence-electron chi connectivity index (χ0n) is 9.04. The summed E-state index contributed by atoms with van der Waals surface area (Å²) in [4.78, 5) is 14.2. The van der Waals surface area contributed by atoms with Crippen LogP contribution in [0.25, 0.3) is 0 Å². The third kappa shape index (κ3) is 1.94. The molecule has 1 saturated carbocycles. The molecule has 1 fully saturated rings. The molecule has 0 bridgehead atoms. The number of aromatic hydroxyl groups is 1. The molecule has 2 rings (SSSR count). The molecule has 0 radical (unpaired) electrons. The van der Waals surface area contributed by atoms with Crippen molar-refractivity contribution in [1.29, 1.82) is 0 Å². The Morgan fingerprint density at radius 3 is 2.65 bits per heavy atom. The van der Waals surface area contributed by atoms with E-state index in [1.54, 1.807) is 0 Å². The smallest absolute Gasteiger partial charge is 0.235 e. The summed E-state index contributed by atoms with van der Waals surface area (Å²) in [6.45, 7) is 0. The molecular formula is C12H11ClFNO2. The SMILES string of the molecule is O=C=NC1(c2c(O)ccc(Cl)c2F)CCCC1. The highest BCUT2D eigenvalue weighted by Gasteiger charge is 2.40. The van der Waals surface area contributed by atoms with Gasteiger partial charge < -0.3 is 5.11 Å². The van der Waals surface area contributed by atoms with E-state index >= 15 is 0 Å². The summed E-state index contributed by atoms with van der Waals surface area (Å²) in [5.74, 6) is -0.916. The normalized spacial score (nSPS) is 17.8. The molecule has 3 nitrogen and oxygen atoms in total. The number of phenolic OH excluding ortho intramolecular Hbond substituents is 1. The van der Waals surface area contributed by atoms with Crippen molar-refractivity contribution in [3.8, 4) is 5.75 Å². The van der Waals surface area contributed by atoms with Gasteiger partial charge in [-0.05, 0) is 25.0 Å². The lowest BCUT2D eigenvalue weighted by molar-refractivity contribution is 0.388. The highest BCUT2D eigenvalue weighted by molar-refractivity contribution is 6.30. The first-order valence-electron chi connectivity index (χ1n) is 5.37. The summed E-state index contributed by atoms with van der Waals surface area (Å²) in [7, 11) is 0. The standard InChI is InChI=1S/C12H11ClFNO2/c13-8-3-4-9(17)10(11(8)14)12(15-7-16)5-1-2-6-12/h3-4,17H,1-2,5-6H2. The van der Waals surface area contributed by atoms with Crippen molar-refractivity contribution in [2.45, 2.75) is 31.2 Å². The molecule has 1 aliphatic carbocycles. The number of carbonyl (C=O) groups excluding carboxylic acids is 1. The zero-order valence-corrected chi connectivity index (χ0v) is 9.80. The van der Waals surface area contributed by atoms with Gasteiger partial charge in [-0.3, -0.25) is 0 Å². The van der Waals surface area contributed by atoms with Crippen molar-refractivity contribution in [3.63, 3.8) is 0 Å². The molecule has 0 aliphatic heterocycles. The van der Waals surface area contributed by atoms with Crippen LogP contribution in [0.2, 0.25) is 5.02 Å². The molecule has 5 heteroatoms. The molecule has 1 aromatic rings.